The molecule has 0 saturated heterocycles. The zero-order chi connectivity index (χ0) is 16.3. The molecule has 2 aromatic carbocycles. The van der Waals surface area contributed by atoms with Gasteiger partial charge in [-0.15, -0.1) is 0 Å². The number of carbonyl (C=O) groups excluding carboxylic acids is 2. The van der Waals surface area contributed by atoms with Crippen molar-refractivity contribution in [3.05, 3.63) is 58.7 Å². The molecule has 4 nitrogen and oxygen atoms in total. The molecule has 0 bridgehead atoms. The predicted molar refractivity (Wildman–Crippen MR) is 89.1 cm³/mol. The summed E-state index contributed by atoms with van der Waals surface area (Å²) < 4.78 is 0. The minimum atomic E-state index is -0.675. The van der Waals surface area contributed by atoms with Crippen LogP contribution in [-0.4, -0.2) is 11.8 Å². The Hall–Kier alpha value is -2.62. The molecule has 0 unspecified atom stereocenters. The van der Waals surface area contributed by atoms with Crippen LogP contribution in [0.2, 0.25) is 0 Å². The van der Waals surface area contributed by atoms with Crippen molar-refractivity contribution in [3.63, 3.8) is 0 Å². The lowest BCUT2D eigenvalue weighted by molar-refractivity contribution is -0.133. The average molecular weight is 296 g/mol. The van der Waals surface area contributed by atoms with Crippen molar-refractivity contribution in [1.82, 2.24) is 0 Å². The molecule has 2 N–H and O–H groups in total. The SMILES string of the molecule is Cc1cc(C)cc(NC(=O)C(=O)Nc2cc(C)ccc2C)c1. The van der Waals surface area contributed by atoms with Gasteiger partial charge in [0.1, 0.15) is 0 Å². The summed E-state index contributed by atoms with van der Waals surface area (Å²) in [7, 11) is 0. The van der Waals surface area contributed by atoms with Gasteiger partial charge in [-0.05, 0) is 68.1 Å². The van der Waals surface area contributed by atoms with Gasteiger partial charge in [0.2, 0.25) is 0 Å². The van der Waals surface area contributed by atoms with Gasteiger partial charge in [-0.1, -0.05) is 18.2 Å². The molecular formula is C18H20N2O2. The third kappa shape index (κ3) is 3.95. The Morgan fingerprint density at radius 2 is 1.32 bits per heavy atom. The van der Waals surface area contributed by atoms with E-state index in [1.165, 1.54) is 0 Å². The number of benzene rings is 2. The van der Waals surface area contributed by atoms with Crippen LogP contribution in [0, 0.1) is 27.7 Å². The van der Waals surface area contributed by atoms with Gasteiger partial charge in [0, 0.05) is 11.4 Å². The maximum absolute atomic E-state index is 12.0. The van der Waals surface area contributed by atoms with E-state index in [9.17, 15) is 9.59 Å². The van der Waals surface area contributed by atoms with E-state index in [0.29, 0.717) is 11.4 Å². The zero-order valence-electron chi connectivity index (χ0n) is 13.3. The Labute approximate surface area is 130 Å². The fraction of sp³-hybridized carbons (Fsp3) is 0.222. The second-order valence-electron chi connectivity index (χ2n) is 5.60. The second-order valence-corrected chi connectivity index (χ2v) is 5.60. The third-order valence-electron chi connectivity index (χ3n) is 3.33. The Morgan fingerprint density at radius 3 is 1.95 bits per heavy atom. The molecule has 0 aliphatic heterocycles. The third-order valence-corrected chi connectivity index (χ3v) is 3.33. The first kappa shape index (κ1) is 15.8. The molecule has 0 radical (unpaired) electrons. The first-order valence-corrected chi connectivity index (χ1v) is 7.13. The average Bonchev–Trinajstić information content (AvgIpc) is 2.41. The van der Waals surface area contributed by atoms with E-state index < -0.39 is 11.8 Å². The van der Waals surface area contributed by atoms with Crippen LogP contribution >= 0.6 is 0 Å². The molecule has 0 atom stereocenters. The number of hydrogen-bond donors (Lipinski definition) is 2. The van der Waals surface area contributed by atoms with Crippen LogP contribution in [0.5, 0.6) is 0 Å². The summed E-state index contributed by atoms with van der Waals surface area (Å²) in [4.78, 5) is 24.0. The van der Waals surface area contributed by atoms with Crippen LogP contribution in [0.4, 0.5) is 11.4 Å². The van der Waals surface area contributed by atoms with E-state index in [-0.39, 0.29) is 0 Å². The smallest absolute Gasteiger partial charge is 0.314 e. The zero-order valence-corrected chi connectivity index (χ0v) is 13.3. The van der Waals surface area contributed by atoms with Crippen molar-refractivity contribution in [1.29, 1.82) is 0 Å². The predicted octanol–water partition coefficient (Wildman–Crippen LogP) is 3.50. The molecule has 0 spiro atoms. The molecule has 22 heavy (non-hydrogen) atoms. The number of aryl methyl sites for hydroxylation is 4. The lowest BCUT2D eigenvalue weighted by Crippen LogP contribution is -2.29. The van der Waals surface area contributed by atoms with Crippen molar-refractivity contribution in [3.8, 4) is 0 Å². The van der Waals surface area contributed by atoms with E-state index in [0.717, 1.165) is 22.3 Å². The maximum Gasteiger partial charge on any atom is 0.314 e. The highest BCUT2D eigenvalue weighted by atomic mass is 16.2. The highest BCUT2D eigenvalue weighted by molar-refractivity contribution is 6.43. The van der Waals surface area contributed by atoms with Gasteiger partial charge in [0.25, 0.3) is 0 Å². The minimum Gasteiger partial charge on any atom is -0.318 e. The first-order valence-electron chi connectivity index (χ1n) is 7.13. The van der Waals surface area contributed by atoms with Gasteiger partial charge in [-0.25, -0.2) is 0 Å². The van der Waals surface area contributed by atoms with Crippen LogP contribution in [0.15, 0.2) is 36.4 Å². The van der Waals surface area contributed by atoms with Gasteiger partial charge >= 0.3 is 11.8 Å². The van der Waals surface area contributed by atoms with E-state index in [2.05, 4.69) is 10.6 Å². The molecule has 0 aromatic heterocycles. The first-order chi connectivity index (χ1) is 10.3. The van der Waals surface area contributed by atoms with Crippen molar-refractivity contribution in [2.75, 3.05) is 10.6 Å². The molecule has 0 saturated carbocycles. The second kappa shape index (κ2) is 6.43. The number of anilines is 2. The van der Waals surface area contributed by atoms with E-state index in [1.807, 2.05) is 64.1 Å². The van der Waals surface area contributed by atoms with Crippen LogP contribution in [0.1, 0.15) is 22.3 Å². The van der Waals surface area contributed by atoms with Gasteiger partial charge < -0.3 is 10.6 Å². The summed E-state index contributed by atoms with van der Waals surface area (Å²) in [6.45, 7) is 7.71. The van der Waals surface area contributed by atoms with Crippen LogP contribution in [0.25, 0.3) is 0 Å². The van der Waals surface area contributed by atoms with E-state index in [1.54, 1.807) is 0 Å². The quantitative estimate of drug-likeness (QED) is 0.833. The number of hydrogen-bond acceptors (Lipinski definition) is 2. The van der Waals surface area contributed by atoms with Crippen molar-refractivity contribution in [2.24, 2.45) is 0 Å². The standard InChI is InChI=1S/C18H20N2O2/c1-11-5-6-14(4)16(10-11)20-18(22)17(21)19-15-8-12(2)7-13(3)9-15/h5-10H,1-4H3,(H,19,21)(H,20,22). The van der Waals surface area contributed by atoms with E-state index >= 15 is 0 Å². The maximum atomic E-state index is 12.0. The normalized spacial score (nSPS) is 10.2. The van der Waals surface area contributed by atoms with Gasteiger partial charge in [-0.3, -0.25) is 9.59 Å². The van der Waals surface area contributed by atoms with Gasteiger partial charge in [-0.2, -0.15) is 0 Å². The van der Waals surface area contributed by atoms with Crippen molar-refractivity contribution < 1.29 is 9.59 Å². The monoisotopic (exact) mass is 296 g/mol. The summed E-state index contributed by atoms with van der Waals surface area (Å²) in [6.07, 6.45) is 0. The van der Waals surface area contributed by atoms with Gasteiger partial charge in [0.15, 0.2) is 0 Å². The Bertz CT molecular complexity index is 716. The Balaban J connectivity index is 2.09. The topological polar surface area (TPSA) is 58.2 Å². The lowest BCUT2D eigenvalue weighted by Gasteiger charge is -2.10. The fourth-order valence-electron chi connectivity index (χ4n) is 2.28. The molecular weight excluding hydrogens is 276 g/mol. The summed E-state index contributed by atoms with van der Waals surface area (Å²) in [5.74, 6) is -1.35. The van der Waals surface area contributed by atoms with Crippen LogP contribution in [0.3, 0.4) is 0 Å². The highest BCUT2D eigenvalue weighted by Crippen LogP contribution is 2.17. The number of carbonyl (C=O) groups is 2. The van der Waals surface area contributed by atoms with Crippen LogP contribution in [-0.2, 0) is 9.59 Å². The van der Waals surface area contributed by atoms with Crippen molar-refractivity contribution >= 4 is 23.2 Å². The number of nitrogens with one attached hydrogen (secondary N) is 2. The molecule has 4 heteroatoms. The van der Waals surface area contributed by atoms with Crippen LogP contribution < -0.4 is 10.6 Å². The number of rotatable bonds is 2. The van der Waals surface area contributed by atoms with Gasteiger partial charge in [0.05, 0.1) is 0 Å². The molecule has 2 aromatic rings. The summed E-state index contributed by atoms with van der Waals surface area (Å²) in [6, 6.07) is 11.4. The fourth-order valence-corrected chi connectivity index (χ4v) is 2.28. The minimum absolute atomic E-state index is 0.624. The molecule has 0 fully saturated rings. The van der Waals surface area contributed by atoms with Crippen molar-refractivity contribution in [2.45, 2.75) is 27.7 Å². The summed E-state index contributed by atoms with van der Waals surface area (Å²) >= 11 is 0. The summed E-state index contributed by atoms with van der Waals surface area (Å²) in [5.41, 5.74) is 5.28. The molecule has 0 aliphatic rings. The summed E-state index contributed by atoms with van der Waals surface area (Å²) in [5, 5.41) is 5.28. The Kier molecular flexibility index (Phi) is 4.61. The largest absolute Gasteiger partial charge is 0.318 e. The Morgan fingerprint density at radius 1 is 0.727 bits per heavy atom. The molecule has 2 rings (SSSR count). The molecule has 114 valence electrons. The molecule has 2 amide bonds. The molecule has 0 heterocycles. The number of amides is 2. The highest BCUT2D eigenvalue weighted by Gasteiger charge is 2.15. The van der Waals surface area contributed by atoms with E-state index in [4.69, 9.17) is 0 Å². The lowest BCUT2D eigenvalue weighted by atomic mass is 10.1. The molecule has 0 aliphatic carbocycles.